The summed E-state index contributed by atoms with van der Waals surface area (Å²) in [5, 5.41) is 0. The van der Waals surface area contributed by atoms with Crippen LogP contribution in [0.1, 0.15) is 51.3 Å². The molecule has 0 saturated carbocycles. The van der Waals surface area contributed by atoms with E-state index in [1.165, 1.54) is 6.92 Å². The van der Waals surface area contributed by atoms with Crippen molar-refractivity contribution in [2.24, 2.45) is 0 Å². The predicted molar refractivity (Wildman–Crippen MR) is 189 cm³/mol. The molecule has 4 aliphatic heterocycles. The average Bonchev–Trinajstić information content (AvgIpc) is 3.64. The van der Waals surface area contributed by atoms with Crippen molar-refractivity contribution in [1.82, 2.24) is 0 Å². The summed E-state index contributed by atoms with van der Waals surface area (Å²) in [7, 11) is 0. The molecule has 0 bridgehead atoms. The van der Waals surface area contributed by atoms with Crippen LogP contribution in [-0.4, -0.2) is 92.2 Å². The number of esters is 1. The van der Waals surface area contributed by atoms with E-state index in [1.807, 2.05) is 119 Å². The maximum atomic E-state index is 12.7. The Morgan fingerprint density at radius 2 is 1.09 bits per heavy atom. The van der Waals surface area contributed by atoms with Gasteiger partial charge in [-0.2, -0.15) is 0 Å². The van der Waals surface area contributed by atoms with Crippen LogP contribution >= 0.6 is 0 Å². The van der Waals surface area contributed by atoms with Gasteiger partial charge < -0.3 is 52.1 Å². The number of benzene rings is 3. The fourth-order valence-corrected chi connectivity index (χ4v) is 7.27. The van der Waals surface area contributed by atoms with E-state index < -0.39 is 79.0 Å². The number of rotatable bonds is 14. The standard InChI is InChI=1S/C41H50O12/c1-26(42)47-36-34(45-23-29-19-13-8-14-20-29)32(44-22-28-17-11-7-12-18-28)30(24-43-21-27-15-9-6-10-16-27)48-38(36)46-25-31-33-35(51-40(2,3)50-33)37-39(49-31)53-41(4,5)52-37/h6-20,30-39H,21-25H2,1-5H3/t30-,31-,32-,33+,34+,35+,36-,37-,38-,39-/m1/s1. The van der Waals surface area contributed by atoms with E-state index in [4.69, 9.17) is 52.1 Å². The molecule has 0 radical (unpaired) electrons. The van der Waals surface area contributed by atoms with Crippen molar-refractivity contribution in [2.45, 2.75) is 127 Å². The van der Waals surface area contributed by atoms with Gasteiger partial charge in [-0.15, -0.1) is 0 Å². The second-order valence-corrected chi connectivity index (χ2v) is 14.7. The van der Waals surface area contributed by atoms with Crippen molar-refractivity contribution < 1.29 is 56.9 Å². The first-order valence-corrected chi connectivity index (χ1v) is 18.3. The first-order valence-electron chi connectivity index (χ1n) is 18.3. The fourth-order valence-electron chi connectivity index (χ4n) is 7.27. The molecule has 0 unspecified atom stereocenters. The Kier molecular flexibility index (Phi) is 11.9. The van der Waals surface area contributed by atoms with Crippen molar-refractivity contribution in [1.29, 1.82) is 0 Å². The lowest BCUT2D eigenvalue weighted by Gasteiger charge is -2.46. The van der Waals surface area contributed by atoms with Gasteiger partial charge in [-0.1, -0.05) is 91.0 Å². The van der Waals surface area contributed by atoms with E-state index in [1.54, 1.807) is 0 Å². The normalized spacial score (nSPS) is 32.8. The highest BCUT2D eigenvalue weighted by Gasteiger charge is 2.61. The van der Waals surface area contributed by atoms with Gasteiger partial charge in [0, 0.05) is 6.92 Å². The molecule has 3 aromatic rings. The van der Waals surface area contributed by atoms with Crippen molar-refractivity contribution >= 4 is 5.97 Å². The number of carbonyl (C=O) groups is 1. The molecular weight excluding hydrogens is 684 g/mol. The Morgan fingerprint density at radius 3 is 1.70 bits per heavy atom. The van der Waals surface area contributed by atoms with Crippen LogP contribution in [0.3, 0.4) is 0 Å². The van der Waals surface area contributed by atoms with E-state index in [0.717, 1.165) is 16.7 Å². The number of fused-ring (bicyclic) bond motifs is 3. The molecule has 4 heterocycles. The quantitative estimate of drug-likeness (QED) is 0.196. The van der Waals surface area contributed by atoms with Crippen molar-refractivity contribution in [3.8, 4) is 0 Å². The van der Waals surface area contributed by atoms with Crippen LogP contribution in [0, 0.1) is 0 Å². The maximum Gasteiger partial charge on any atom is 0.303 e. The van der Waals surface area contributed by atoms with E-state index in [9.17, 15) is 4.79 Å². The lowest BCUT2D eigenvalue weighted by molar-refractivity contribution is -0.330. The van der Waals surface area contributed by atoms with Crippen molar-refractivity contribution in [3.05, 3.63) is 108 Å². The highest BCUT2D eigenvalue weighted by atomic mass is 16.9. The molecule has 12 heteroatoms. The molecule has 7 rings (SSSR count). The summed E-state index contributed by atoms with van der Waals surface area (Å²) >= 11 is 0. The van der Waals surface area contributed by atoms with Crippen LogP contribution in [0.4, 0.5) is 0 Å². The number of hydrogen-bond donors (Lipinski definition) is 0. The molecule has 4 fully saturated rings. The third-order valence-corrected chi connectivity index (χ3v) is 9.53. The summed E-state index contributed by atoms with van der Waals surface area (Å²) in [5.74, 6) is -2.28. The first kappa shape index (κ1) is 38.0. The van der Waals surface area contributed by atoms with Gasteiger partial charge in [0.2, 0.25) is 0 Å². The zero-order valence-electron chi connectivity index (χ0n) is 30.9. The van der Waals surface area contributed by atoms with E-state index in [2.05, 4.69) is 0 Å². The van der Waals surface area contributed by atoms with Crippen LogP contribution in [0.2, 0.25) is 0 Å². The fraction of sp³-hybridized carbons (Fsp3) is 0.537. The van der Waals surface area contributed by atoms with Gasteiger partial charge in [0.05, 0.1) is 33.0 Å². The molecule has 0 N–H and O–H groups in total. The average molecular weight is 735 g/mol. The summed E-state index contributed by atoms with van der Waals surface area (Å²) in [5.41, 5.74) is 2.92. The van der Waals surface area contributed by atoms with Crippen LogP contribution in [-0.2, 0) is 76.7 Å². The Bertz CT molecular complexity index is 1600. The van der Waals surface area contributed by atoms with Gasteiger partial charge in [0.1, 0.15) is 42.7 Å². The summed E-state index contributed by atoms with van der Waals surface area (Å²) in [6, 6.07) is 29.5. The van der Waals surface area contributed by atoms with Gasteiger partial charge in [-0.25, -0.2) is 0 Å². The third kappa shape index (κ3) is 9.52. The zero-order valence-corrected chi connectivity index (χ0v) is 30.9. The molecule has 53 heavy (non-hydrogen) atoms. The van der Waals surface area contributed by atoms with Crippen LogP contribution in [0.25, 0.3) is 0 Å². The first-order chi connectivity index (χ1) is 25.5. The zero-order chi connectivity index (χ0) is 37.0. The minimum Gasteiger partial charge on any atom is -0.454 e. The monoisotopic (exact) mass is 734 g/mol. The SMILES string of the molecule is CC(=O)O[C@H]1[C@H](OC[C@H]2O[C@@H]3OC(C)(C)O[C@@H]3[C@H]3OC(C)(C)O[C@H]32)O[C@H](COCc2ccccc2)[C@@H](OCc2ccccc2)[C@@H]1OCc1ccccc1. The predicted octanol–water partition coefficient (Wildman–Crippen LogP) is 5.44. The highest BCUT2D eigenvalue weighted by Crippen LogP contribution is 2.44. The van der Waals surface area contributed by atoms with Crippen LogP contribution < -0.4 is 0 Å². The van der Waals surface area contributed by atoms with Crippen LogP contribution in [0.5, 0.6) is 0 Å². The summed E-state index contributed by atoms with van der Waals surface area (Å²) in [6.45, 7) is 9.71. The highest BCUT2D eigenvalue weighted by molar-refractivity contribution is 5.66. The molecule has 4 aliphatic rings. The largest absolute Gasteiger partial charge is 0.454 e. The second kappa shape index (κ2) is 16.6. The Balaban J connectivity index is 1.16. The molecule has 0 aliphatic carbocycles. The maximum absolute atomic E-state index is 12.7. The molecule has 4 saturated heterocycles. The van der Waals surface area contributed by atoms with Gasteiger partial charge in [0.15, 0.2) is 30.3 Å². The Hall–Kier alpha value is -3.27. The number of ether oxygens (including phenoxy) is 11. The Morgan fingerprint density at radius 1 is 0.566 bits per heavy atom. The van der Waals surface area contributed by atoms with Gasteiger partial charge >= 0.3 is 5.97 Å². The minimum absolute atomic E-state index is 0.00537. The van der Waals surface area contributed by atoms with E-state index in [0.29, 0.717) is 6.61 Å². The van der Waals surface area contributed by atoms with Crippen molar-refractivity contribution in [3.63, 3.8) is 0 Å². The molecule has 286 valence electrons. The third-order valence-electron chi connectivity index (χ3n) is 9.53. The molecular formula is C41H50O12. The Labute approximate surface area is 310 Å². The summed E-state index contributed by atoms with van der Waals surface area (Å²) in [6.07, 6.45) is -7.13. The lowest BCUT2D eigenvalue weighted by atomic mass is 9.97. The molecule has 3 aromatic carbocycles. The second-order valence-electron chi connectivity index (χ2n) is 14.7. The topological polar surface area (TPSA) is 119 Å². The molecule has 10 atom stereocenters. The summed E-state index contributed by atoms with van der Waals surface area (Å²) in [4.78, 5) is 12.7. The smallest absolute Gasteiger partial charge is 0.303 e. The van der Waals surface area contributed by atoms with E-state index in [-0.39, 0.29) is 26.4 Å². The van der Waals surface area contributed by atoms with Gasteiger partial charge in [-0.05, 0) is 44.4 Å². The minimum atomic E-state index is -1.09. The lowest BCUT2D eigenvalue weighted by Crippen LogP contribution is -2.63. The van der Waals surface area contributed by atoms with Gasteiger partial charge in [0.25, 0.3) is 0 Å². The van der Waals surface area contributed by atoms with Crippen LogP contribution in [0.15, 0.2) is 91.0 Å². The molecule has 12 nitrogen and oxygen atoms in total. The summed E-state index contributed by atoms with van der Waals surface area (Å²) < 4.78 is 70.1. The molecule has 0 aromatic heterocycles. The van der Waals surface area contributed by atoms with E-state index >= 15 is 0 Å². The van der Waals surface area contributed by atoms with Gasteiger partial charge in [-0.3, -0.25) is 4.79 Å². The number of hydrogen-bond acceptors (Lipinski definition) is 12. The number of carbonyl (C=O) groups excluding carboxylic acids is 1. The van der Waals surface area contributed by atoms with Crippen molar-refractivity contribution in [2.75, 3.05) is 13.2 Å². The molecule has 0 amide bonds. The molecule has 0 spiro atoms.